The zero-order valence-electron chi connectivity index (χ0n) is 14.1. The van der Waals surface area contributed by atoms with E-state index in [1.54, 1.807) is 20.8 Å². The van der Waals surface area contributed by atoms with Crippen LogP contribution in [-0.2, 0) is 14.6 Å². The van der Waals surface area contributed by atoms with Gasteiger partial charge in [-0.25, -0.2) is 18.2 Å². The Morgan fingerprint density at radius 3 is 2.60 bits per heavy atom. The first kappa shape index (κ1) is 19.9. The maximum Gasteiger partial charge on any atom is 0.410 e. The number of ether oxygens (including phenoxy) is 1. The number of aliphatic hydroxyl groups excluding tert-OH is 1. The Morgan fingerprint density at radius 2 is 2.12 bits per heavy atom. The van der Waals surface area contributed by atoms with Crippen LogP contribution in [0.2, 0.25) is 5.02 Å². The van der Waals surface area contributed by atoms with Crippen molar-refractivity contribution < 1.29 is 28.2 Å². The summed E-state index contributed by atoms with van der Waals surface area (Å²) in [6.07, 6.45) is 0.411. The molecule has 2 heterocycles. The van der Waals surface area contributed by atoms with Crippen LogP contribution in [0, 0.1) is 0 Å². The number of hydrogen-bond acceptors (Lipinski definition) is 7. The molecule has 0 aromatic carbocycles. The molecule has 1 saturated heterocycles. The molecule has 0 aliphatic carbocycles. The molecule has 1 aromatic rings. The number of hydrogen-bond donors (Lipinski definition) is 2. The molecule has 0 saturated carbocycles. The molecule has 0 radical (unpaired) electrons. The molecule has 2 atom stereocenters. The second-order valence-electron chi connectivity index (χ2n) is 6.97. The van der Waals surface area contributed by atoms with Crippen LogP contribution in [0.3, 0.4) is 0 Å². The highest BCUT2D eigenvalue weighted by atomic mass is 35.5. The second kappa shape index (κ2) is 6.71. The maximum atomic E-state index is 12.8. The first-order valence-electron chi connectivity index (χ1n) is 7.56. The van der Waals surface area contributed by atoms with Gasteiger partial charge < -0.3 is 19.8 Å². The third kappa shape index (κ3) is 4.22. The lowest BCUT2D eigenvalue weighted by Gasteiger charge is -2.26. The summed E-state index contributed by atoms with van der Waals surface area (Å²) >= 11 is 5.71. The number of likely N-dealkylation sites (tertiary alicyclic amines) is 1. The number of rotatable bonds is 3. The van der Waals surface area contributed by atoms with Crippen LogP contribution < -0.4 is 0 Å². The number of aromatic nitrogens is 1. The minimum absolute atomic E-state index is 0.262. The molecule has 1 aromatic heterocycles. The molecule has 140 valence electrons. The van der Waals surface area contributed by atoms with E-state index in [0.29, 0.717) is 0 Å². The van der Waals surface area contributed by atoms with Gasteiger partial charge in [0.2, 0.25) is 9.84 Å². The summed E-state index contributed by atoms with van der Waals surface area (Å²) in [6, 6.07) is 2.58. The molecular formula is C15H21ClN2O6S. The van der Waals surface area contributed by atoms with Gasteiger partial charge in [-0.3, -0.25) is 0 Å². The highest BCUT2D eigenvalue weighted by molar-refractivity contribution is 7.92. The Hall–Kier alpha value is -1.42. The number of amides is 1. The van der Waals surface area contributed by atoms with Crippen molar-refractivity contribution in [3.63, 3.8) is 0 Å². The van der Waals surface area contributed by atoms with Gasteiger partial charge in [0.1, 0.15) is 16.5 Å². The highest BCUT2D eigenvalue weighted by Gasteiger charge is 2.54. The van der Waals surface area contributed by atoms with Crippen molar-refractivity contribution in [3.05, 3.63) is 23.4 Å². The fraction of sp³-hybridized carbons (Fsp3) is 0.600. The fourth-order valence-corrected chi connectivity index (χ4v) is 4.51. The normalized spacial score (nSPS) is 24.4. The lowest BCUT2D eigenvalue weighted by molar-refractivity contribution is -0.0108. The Labute approximate surface area is 151 Å². The number of carbonyl (C=O) groups excluding carboxylic acids is 1. The Bertz CT molecular complexity index is 746. The largest absolute Gasteiger partial charge is 0.444 e. The standard InChI is InChI=1S/C15H21ClN2O6S/c1-14(2,3)24-13(20)18-7-11(15(21,8-18)9-19)25(22,23)12-5-4-10(16)6-17-12/h4-6,11,19,21H,7-9H2,1-3H3. The first-order chi connectivity index (χ1) is 11.4. The summed E-state index contributed by atoms with van der Waals surface area (Å²) < 4.78 is 30.8. The third-order valence-electron chi connectivity index (χ3n) is 3.74. The van der Waals surface area contributed by atoms with Crippen molar-refractivity contribution in [1.29, 1.82) is 0 Å². The molecule has 2 unspecified atom stereocenters. The van der Waals surface area contributed by atoms with Gasteiger partial charge >= 0.3 is 6.09 Å². The minimum atomic E-state index is -4.11. The quantitative estimate of drug-likeness (QED) is 0.783. The molecule has 10 heteroatoms. The van der Waals surface area contributed by atoms with Crippen molar-refractivity contribution in [2.24, 2.45) is 0 Å². The highest BCUT2D eigenvalue weighted by Crippen LogP contribution is 2.32. The monoisotopic (exact) mass is 392 g/mol. The van der Waals surface area contributed by atoms with Crippen molar-refractivity contribution in [1.82, 2.24) is 9.88 Å². The summed E-state index contributed by atoms with van der Waals surface area (Å²) in [5.41, 5.74) is -2.79. The molecular weight excluding hydrogens is 372 g/mol. The van der Waals surface area contributed by atoms with E-state index in [1.807, 2.05) is 0 Å². The van der Waals surface area contributed by atoms with Crippen molar-refractivity contribution in [2.75, 3.05) is 19.7 Å². The number of sulfone groups is 1. The number of β-amino-alcohol motifs (C(OH)–C–C–N with tert-alkyl or cyclic N) is 1. The van der Waals surface area contributed by atoms with Gasteiger partial charge in [-0.15, -0.1) is 0 Å². The van der Waals surface area contributed by atoms with Crippen molar-refractivity contribution >= 4 is 27.5 Å². The van der Waals surface area contributed by atoms with E-state index in [0.717, 1.165) is 4.90 Å². The number of nitrogens with zero attached hydrogens (tertiary/aromatic N) is 2. The summed E-state index contributed by atoms with van der Waals surface area (Å²) in [7, 11) is -4.11. The smallest absolute Gasteiger partial charge is 0.410 e. The van der Waals surface area contributed by atoms with Gasteiger partial charge in [-0.05, 0) is 32.9 Å². The van der Waals surface area contributed by atoms with E-state index >= 15 is 0 Å². The number of halogens is 1. The van der Waals surface area contributed by atoms with Gasteiger partial charge in [0, 0.05) is 12.7 Å². The summed E-state index contributed by atoms with van der Waals surface area (Å²) in [6.45, 7) is 3.50. The van der Waals surface area contributed by atoms with Crippen LogP contribution >= 0.6 is 11.6 Å². The van der Waals surface area contributed by atoms with Crippen LogP contribution in [0.25, 0.3) is 0 Å². The molecule has 8 nitrogen and oxygen atoms in total. The minimum Gasteiger partial charge on any atom is -0.444 e. The van der Waals surface area contributed by atoms with Crippen LogP contribution in [0.1, 0.15) is 20.8 Å². The molecule has 2 N–H and O–H groups in total. The number of carbonyl (C=O) groups is 1. The summed E-state index contributed by atoms with van der Waals surface area (Å²) in [5.74, 6) is 0. The van der Waals surface area contributed by atoms with Crippen LogP contribution in [0.4, 0.5) is 4.79 Å². The van der Waals surface area contributed by atoms with Crippen molar-refractivity contribution in [3.8, 4) is 0 Å². The van der Waals surface area contributed by atoms with Crippen LogP contribution in [0.5, 0.6) is 0 Å². The van der Waals surface area contributed by atoms with E-state index in [1.165, 1.54) is 18.3 Å². The molecule has 0 spiro atoms. The van der Waals surface area contributed by atoms with Gasteiger partial charge in [0.05, 0.1) is 18.2 Å². The fourth-order valence-electron chi connectivity index (χ4n) is 2.55. The molecule has 1 aliphatic heterocycles. The lowest BCUT2D eigenvalue weighted by Crippen LogP contribution is -2.49. The van der Waals surface area contributed by atoms with Crippen molar-refractivity contribution in [2.45, 2.75) is 42.2 Å². The SMILES string of the molecule is CC(C)(C)OC(=O)N1CC(S(=O)(=O)c2ccc(Cl)cn2)C(O)(CO)C1. The van der Waals surface area contributed by atoms with Gasteiger partial charge in [-0.1, -0.05) is 11.6 Å². The average Bonchev–Trinajstić information content (AvgIpc) is 2.85. The molecule has 25 heavy (non-hydrogen) atoms. The topological polar surface area (TPSA) is 117 Å². The number of pyridine rings is 1. The molecule has 0 bridgehead atoms. The zero-order valence-corrected chi connectivity index (χ0v) is 15.7. The summed E-state index contributed by atoms with van der Waals surface area (Å²) in [4.78, 5) is 17.0. The Kier molecular flexibility index (Phi) is 5.34. The zero-order chi connectivity index (χ0) is 19.0. The molecule has 1 fully saturated rings. The Morgan fingerprint density at radius 1 is 1.48 bits per heavy atom. The van der Waals surface area contributed by atoms with Crippen LogP contribution in [-0.4, -0.2) is 70.8 Å². The second-order valence-corrected chi connectivity index (χ2v) is 9.48. The van der Waals surface area contributed by atoms with E-state index < -0.39 is 39.0 Å². The molecule has 1 aliphatic rings. The predicted octanol–water partition coefficient (Wildman–Crippen LogP) is 0.851. The first-order valence-corrected chi connectivity index (χ1v) is 9.48. The van der Waals surface area contributed by atoms with E-state index in [4.69, 9.17) is 16.3 Å². The molecule has 1 amide bonds. The van der Waals surface area contributed by atoms with Gasteiger partial charge in [0.25, 0.3) is 0 Å². The molecule has 2 rings (SSSR count). The summed E-state index contributed by atoms with van der Waals surface area (Å²) in [5, 5.41) is 18.7. The van der Waals surface area contributed by atoms with E-state index in [2.05, 4.69) is 4.98 Å². The van der Waals surface area contributed by atoms with E-state index in [-0.39, 0.29) is 23.1 Å². The Balaban J connectivity index is 2.33. The predicted molar refractivity (Wildman–Crippen MR) is 90.1 cm³/mol. The van der Waals surface area contributed by atoms with Gasteiger partial charge in [0.15, 0.2) is 5.03 Å². The lowest BCUT2D eigenvalue weighted by atomic mass is 10.1. The van der Waals surface area contributed by atoms with Crippen LogP contribution in [0.15, 0.2) is 23.4 Å². The average molecular weight is 393 g/mol. The maximum absolute atomic E-state index is 12.8. The van der Waals surface area contributed by atoms with Gasteiger partial charge in [-0.2, -0.15) is 0 Å². The third-order valence-corrected chi connectivity index (χ3v) is 6.13. The van der Waals surface area contributed by atoms with E-state index in [9.17, 15) is 23.4 Å². The number of aliphatic hydroxyl groups is 2.